The normalized spacial score (nSPS) is 9.90. The second-order valence-corrected chi connectivity index (χ2v) is 5.24. The highest BCUT2D eigenvalue weighted by molar-refractivity contribution is 7.97. The number of aliphatic hydroxyl groups is 1. The molecule has 0 fully saturated rings. The summed E-state index contributed by atoms with van der Waals surface area (Å²) in [4.78, 5) is 0. The Morgan fingerprint density at radius 3 is 2.50 bits per heavy atom. The van der Waals surface area contributed by atoms with Crippen LogP contribution in [0.15, 0.2) is 48.5 Å². The first-order valence-electron chi connectivity index (χ1n) is 6.29. The van der Waals surface area contributed by atoms with Gasteiger partial charge in [0.2, 0.25) is 0 Å². The molecule has 0 atom stereocenters. The fourth-order valence-electron chi connectivity index (χ4n) is 1.75. The molecule has 3 heteroatoms. The van der Waals surface area contributed by atoms with Crippen LogP contribution < -0.4 is 0 Å². The van der Waals surface area contributed by atoms with Gasteiger partial charge >= 0.3 is 0 Å². The third kappa shape index (κ3) is 4.41. The summed E-state index contributed by atoms with van der Waals surface area (Å²) in [6.07, 6.45) is 0. The van der Waals surface area contributed by atoms with Crippen LogP contribution in [0.5, 0.6) is 0 Å². The zero-order valence-corrected chi connectivity index (χ0v) is 11.8. The van der Waals surface area contributed by atoms with Crippen molar-refractivity contribution in [3.8, 4) is 11.8 Å². The van der Waals surface area contributed by atoms with Crippen LogP contribution in [-0.2, 0) is 11.5 Å². The quantitative estimate of drug-likeness (QED) is 0.867. The Hall–Kier alpha value is -1.76. The molecule has 2 aromatic rings. The highest BCUT2D eigenvalue weighted by Crippen LogP contribution is 2.19. The first-order valence-corrected chi connectivity index (χ1v) is 7.45. The molecule has 102 valence electrons. The van der Waals surface area contributed by atoms with Crippen LogP contribution in [0.3, 0.4) is 0 Å². The van der Waals surface area contributed by atoms with Crippen LogP contribution in [0.2, 0.25) is 0 Å². The van der Waals surface area contributed by atoms with Crippen LogP contribution in [0.4, 0.5) is 4.39 Å². The Bertz CT molecular complexity index is 614. The molecule has 0 bridgehead atoms. The van der Waals surface area contributed by atoms with Crippen molar-refractivity contribution >= 4 is 11.8 Å². The summed E-state index contributed by atoms with van der Waals surface area (Å²) in [5, 5.41) is 8.66. The van der Waals surface area contributed by atoms with Crippen molar-refractivity contribution in [1.82, 2.24) is 0 Å². The van der Waals surface area contributed by atoms with Gasteiger partial charge in [0, 0.05) is 11.5 Å². The highest BCUT2D eigenvalue weighted by atomic mass is 32.2. The van der Waals surface area contributed by atoms with Crippen LogP contribution >= 0.6 is 11.8 Å². The largest absolute Gasteiger partial charge is 0.384 e. The third-order valence-electron chi connectivity index (χ3n) is 2.71. The number of rotatable bonds is 4. The smallest absolute Gasteiger partial charge is 0.138 e. The van der Waals surface area contributed by atoms with E-state index in [0.29, 0.717) is 5.56 Å². The predicted octanol–water partition coefficient (Wildman–Crippen LogP) is 3.60. The molecule has 0 aliphatic carbocycles. The highest BCUT2D eigenvalue weighted by Gasteiger charge is 2.02. The number of hydrogen-bond acceptors (Lipinski definition) is 2. The van der Waals surface area contributed by atoms with Gasteiger partial charge in [0.25, 0.3) is 0 Å². The summed E-state index contributed by atoms with van der Waals surface area (Å²) < 4.78 is 13.5. The molecular weight excluding hydrogens is 271 g/mol. The number of hydrogen-bond donors (Lipinski definition) is 1. The minimum atomic E-state index is -0.345. The van der Waals surface area contributed by atoms with Crippen molar-refractivity contribution in [2.24, 2.45) is 0 Å². The van der Waals surface area contributed by atoms with E-state index in [1.807, 2.05) is 18.2 Å². The van der Waals surface area contributed by atoms with Gasteiger partial charge in [-0.05, 0) is 23.3 Å². The van der Waals surface area contributed by atoms with Crippen molar-refractivity contribution < 1.29 is 9.50 Å². The molecule has 0 unspecified atom stereocenters. The number of aliphatic hydroxyl groups excluding tert-OH is 1. The summed E-state index contributed by atoms with van der Waals surface area (Å²) in [5.74, 6) is 6.49. The average Bonchev–Trinajstić information content (AvgIpc) is 2.49. The van der Waals surface area contributed by atoms with Gasteiger partial charge in [-0.15, -0.1) is 0 Å². The molecule has 0 aliphatic heterocycles. The van der Waals surface area contributed by atoms with Gasteiger partial charge in [-0.2, -0.15) is 11.8 Å². The fourth-order valence-corrected chi connectivity index (χ4v) is 2.70. The Labute approximate surface area is 122 Å². The molecule has 0 aliphatic rings. The second-order valence-electron chi connectivity index (χ2n) is 4.25. The minimum absolute atomic E-state index is 0.258. The third-order valence-corrected chi connectivity index (χ3v) is 3.79. The van der Waals surface area contributed by atoms with Crippen LogP contribution in [0.1, 0.15) is 16.7 Å². The lowest BCUT2D eigenvalue weighted by Crippen LogP contribution is -1.89. The predicted molar refractivity (Wildman–Crippen MR) is 81.8 cm³/mol. The summed E-state index contributed by atoms with van der Waals surface area (Å²) >= 11 is 1.78. The number of halogens is 1. The molecule has 0 heterocycles. The van der Waals surface area contributed by atoms with E-state index in [2.05, 4.69) is 24.0 Å². The minimum Gasteiger partial charge on any atom is -0.384 e. The molecule has 0 saturated heterocycles. The molecule has 0 saturated carbocycles. The Morgan fingerprint density at radius 2 is 1.75 bits per heavy atom. The molecule has 0 spiro atoms. The van der Waals surface area contributed by atoms with Crippen LogP contribution in [-0.4, -0.2) is 11.7 Å². The number of benzene rings is 2. The maximum absolute atomic E-state index is 13.5. The van der Waals surface area contributed by atoms with E-state index < -0.39 is 0 Å². The van der Waals surface area contributed by atoms with Crippen LogP contribution in [0.25, 0.3) is 0 Å². The van der Waals surface area contributed by atoms with Crippen molar-refractivity contribution in [3.05, 3.63) is 71.0 Å². The van der Waals surface area contributed by atoms with E-state index in [0.717, 1.165) is 17.1 Å². The first-order chi connectivity index (χ1) is 9.79. The van der Waals surface area contributed by atoms with Crippen molar-refractivity contribution in [1.29, 1.82) is 0 Å². The van der Waals surface area contributed by atoms with Gasteiger partial charge in [0.15, 0.2) is 0 Å². The zero-order chi connectivity index (χ0) is 14.2. The Morgan fingerprint density at radius 1 is 1.00 bits per heavy atom. The topological polar surface area (TPSA) is 20.2 Å². The van der Waals surface area contributed by atoms with Gasteiger partial charge in [-0.3, -0.25) is 0 Å². The maximum atomic E-state index is 13.5. The Kier molecular flexibility index (Phi) is 5.67. The summed E-state index contributed by atoms with van der Waals surface area (Å²) in [6, 6.07) is 15.2. The lowest BCUT2D eigenvalue weighted by molar-refractivity contribution is 0.350. The van der Waals surface area contributed by atoms with E-state index >= 15 is 0 Å². The Balaban J connectivity index is 1.96. The van der Waals surface area contributed by atoms with E-state index in [4.69, 9.17) is 5.11 Å². The zero-order valence-electron chi connectivity index (χ0n) is 11.0. The molecule has 2 aromatic carbocycles. The van der Waals surface area contributed by atoms with Gasteiger partial charge in [-0.1, -0.05) is 48.2 Å². The van der Waals surface area contributed by atoms with Crippen molar-refractivity contribution in [3.63, 3.8) is 0 Å². The number of thioether (sulfide) groups is 1. The molecule has 1 N–H and O–H groups in total. The van der Waals surface area contributed by atoms with Gasteiger partial charge < -0.3 is 5.11 Å². The fraction of sp³-hybridized carbons (Fsp3) is 0.176. The van der Waals surface area contributed by atoms with E-state index in [1.54, 1.807) is 23.9 Å². The lowest BCUT2D eigenvalue weighted by Gasteiger charge is -2.04. The van der Waals surface area contributed by atoms with Crippen molar-refractivity contribution in [2.45, 2.75) is 11.5 Å². The molecule has 0 aromatic heterocycles. The molecule has 20 heavy (non-hydrogen) atoms. The monoisotopic (exact) mass is 286 g/mol. The molecule has 0 radical (unpaired) electrons. The summed E-state index contributed by atoms with van der Waals surface area (Å²) in [5.41, 5.74) is 2.66. The first kappa shape index (κ1) is 14.6. The van der Waals surface area contributed by atoms with Gasteiger partial charge in [0.1, 0.15) is 12.4 Å². The lowest BCUT2D eigenvalue weighted by atomic mass is 10.1. The van der Waals surface area contributed by atoms with E-state index in [-0.39, 0.29) is 12.4 Å². The second kappa shape index (κ2) is 7.74. The summed E-state index contributed by atoms with van der Waals surface area (Å²) in [6.45, 7) is -0.258. The summed E-state index contributed by atoms with van der Waals surface area (Å²) in [7, 11) is 0. The SMILES string of the molecule is OCC#Cc1cc(CSCc2ccccc2)ccc1F. The van der Waals surface area contributed by atoms with Crippen molar-refractivity contribution in [2.75, 3.05) is 6.61 Å². The molecular formula is C17H15FOS. The van der Waals surface area contributed by atoms with Gasteiger partial charge in [-0.25, -0.2) is 4.39 Å². The van der Waals surface area contributed by atoms with E-state index in [1.165, 1.54) is 11.6 Å². The standard InChI is InChI=1S/C17H15FOS/c18-17-9-8-15(11-16(17)7-4-10-19)13-20-12-14-5-2-1-3-6-14/h1-3,5-6,8-9,11,19H,10,12-13H2. The molecule has 1 nitrogen and oxygen atoms in total. The molecule has 2 rings (SSSR count). The van der Waals surface area contributed by atoms with Gasteiger partial charge in [0.05, 0.1) is 5.56 Å². The maximum Gasteiger partial charge on any atom is 0.138 e. The average molecular weight is 286 g/mol. The van der Waals surface area contributed by atoms with Crippen LogP contribution in [0, 0.1) is 17.7 Å². The van der Waals surface area contributed by atoms with E-state index in [9.17, 15) is 4.39 Å². The molecule has 0 amide bonds.